The molecule has 0 bridgehead atoms. The lowest BCUT2D eigenvalue weighted by atomic mass is 10.0. The molecule has 0 aliphatic heterocycles. The van der Waals surface area contributed by atoms with Gasteiger partial charge in [-0.3, -0.25) is 0 Å². The van der Waals surface area contributed by atoms with E-state index in [0.717, 1.165) is 33.6 Å². The standard InChI is InChI=1S/2C43H27N3/c2*44-28-29-14-16-30(17-15-29)31-18-22-35(23-19-31)46-41-13-7-5-11-37(41)39-27-33(21-25-43(39)46)32-20-24-42-38(26-32)36-10-4-6-12-40(36)45(42)34-8-2-1-3-9-34/h2*1-27H. The summed E-state index contributed by atoms with van der Waals surface area (Å²) >= 11 is 0. The first-order chi connectivity index (χ1) is 45.5. The van der Waals surface area contributed by atoms with Crippen LogP contribution in [0.2, 0.25) is 0 Å². The van der Waals surface area contributed by atoms with E-state index in [2.05, 4.69) is 309 Å². The largest absolute Gasteiger partial charge is 0.309 e. The van der Waals surface area contributed by atoms with E-state index in [0.29, 0.717) is 11.1 Å². The van der Waals surface area contributed by atoms with E-state index >= 15 is 0 Å². The molecule has 92 heavy (non-hydrogen) atoms. The topological polar surface area (TPSA) is 67.3 Å². The van der Waals surface area contributed by atoms with E-state index in [1.807, 2.05) is 48.5 Å². The predicted molar refractivity (Wildman–Crippen MR) is 381 cm³/mol. The van der Waals surface area contributed by atoms with Crippen molar-refractivity contribution in [2.45, 2.75) is 0 Å². The maximum Gasteiger partial charge on any atom is 0.0991 e. The van der Waals surface area contributed by atoms with Gasteiger partial charge in [-0.05, 0) is 190 Å². The number of hydrogen-bond acceptors (Lipinski definition) is 2. The lowest BCUT2D eigenvalue weighted by molar-refractivity contribution is 1.18. The fraction of sp³-hybridized carbons (Fsp3) is 0. The van der Waals surface area contributed by atoms with E-state index < -0.39 is 0 Å². The summed E-state index contributed by atoms with van der Waals surface area (Å²) in [6.45, 7) is 0. The number of fused-ring (bicyclic) bond motifs is 12. The van der Waals surface area contributed by atoms with E-state index in [1.165, 1.54) is 121 Å². The maximum atomic E-state index is 9.16. The van der Waals surface area contributed by atoms with Crippen LogP contribution in [0, 0.1) is 22.7 Å². The van der Waals surface area contributed by atoms with Crippen LogP contribution in [-0.2, 0) is 0 Å². The summed E-state index contributed by atoms with van der Waals surface area (Å²) in [7, 11) is 0. The normalized spacial score (nSPS) is 11.5. The minimum absolute atomic E-state index is 0.670. The Kier molecular flexibility index (Phi) is 12.9. The second-order valence-electron chi connectivity index (χ2n) is 23.5. The van der Waals surface area contributed by atoms with Gasteiger partial charge >= 0.3 is 0 Å². The third kappa shape index (κ3) is 9.01. The summed E-state index contributed by atoms with van der Waals surface area (Å²) in [4.78, 5) is 0. The van der Waals surface area contributed by atoms with Crippen LogP contribution in [0.15, 0.2) is 328 Å². The molecule has 0 aliphatic carbocycles. The summed E-state index contributed by atoms with van der Waals surface area (Å²) in [5, 5.41) is 28.3. The minimum Gasteiger partial charge on any atom is -0.309 e. The molecule has 14 aromatic carbocycles. The highest BCUT2D eigenvalue weighted by Crippen LogP contribution is 2.41. The maximum absolute atomic E-state index is 9.16. The Hall–Kier alpha value is -12.7. The average Bonchev–Trinajstić information content (AvgIpc) is 1.76. The van der Waals surface area contributed by atoms with Crippen molar-refractivity contribution >= 4 is 87.2 Å². The Morgan fingerprint density at radius 1 is 0.174 bits per heavy atom. The molecular formula is C86H54N6. The van der Waals surface area contributed by atoms with Gasteiger partial charge < -0.3 is 18.3 Å². The van der Waals surface area contributed by atoms with Gasteiger partial charge in [0.2, 0.25) is 0 Å². The molecule has 0 aliphatic rings. The van der Waals surface area contributed by atoms with Crippen molar-refractivity contribution in [3.05, 3.63) is 339 Å². The molecule has 0 radical (unpaired) electrons. The molecule has 4 heterocycles. The Labute approximate surface area is 531 Å². The van der Waals surface area contributed by atoms with E-state index in [-0.39, 0.29) is 0 Å². The first kappa shape index (κ1) is 53.5. The highest BCUT2D eigenvalue weighted by atomic mass is 15.0. The number of hydrogen-bond donors (Lipinski definition) is 0. The van der Waals surface area contributed by atoms with Gasteiger partial charge in [0.25, 0.3) is 0 Å². The molecule has 0 amide bonds. The van der Waals surface area contributed by atoms with Crippen LogP contribution in [0.5, 0.6) is 0 Å². The van der Waals surface area contributed by atoms with E-state index in [4.69, 9.17) is 10.5 Å². The zero-order chi connectivity index (χ0) is 61.2. The minimum atomic E-state index is 0.670. The number of nitrogens with zero attached hydrogens (tertiary/aromatic N) is 6. The van der Waals surface area contributed by atoms with Gasteiger partial charge in [0.15, 0.2) is 0 Å². The molecule has 0 saturated carbocycles. The van der Waals surface area contributed by atoms with Crippen LogP contribution in [0.3, 0.4) is 0 Å². The summed E-state index contributed by atoms with van der Waals surface area (Å²) in [6.07, 6.45) is 0. The molecular weight excluding hydrogens is 1120 g/mol. The molecule has 4 aromatic heterocycles. The Bertz CT molecular complexity index is 5600. The van der Waals surface area contributed by atoms with Gasteiger partial charge in [0.1, 0.15) is 0 Å². The van der Waals surface area contributed by atoms with Crippen molar-refractivity contribution in [3.8, 4) is 79.4 Å². The zero-order valence-electron chi connectivity index (χ0n) is 49.9. The molecule has 18 aromatic rings. The summed E-state index contributed by atoms with van der Waals surface area (Å²) in [5.74, 6) is 0. The predicted octanol–water partition coefficient (Wildman–Crippen LogP) is 22.2. The SMILES string of the molecule is N#Cc1ccc(-c2ccc(-n3c4ccccc4c4cc(-c5ccc6c(c5)c5ccccc5n6-c5ccccc5)ccc43)cc2)cc1.N#Cc1ccc(-c2ccc(-n3c4ccccc4c4cc(-c5ccc6c(c5)c5ccccc5n6-c5ccccc5)ccc43)cc2)cc1. The van der Waals surface area contributed by atoms with Crippen molar-refractivity contribution in [1.82, 2.24) is 18.3 Å². The van der Waals surface area contributed by atoms with Gasteiger partial charge in [-0.1, -0.05) is 182 Å². The van der Waals surface area contributed by atoms with E-state index in [9.17, 15) is 0 Å². The van der Waals surface area contributed by atoms with Crippen LogP contribution in [0.25, 0.3) is 154 Å². The quantitative estimate of drug-likeness (QED) is 0.152. The highest BCUT2D eigenvalue weighted by Gasteiger charge is 2.19. The van der Waals surface area contributed by atoms with Crippen LogP contribution in [-0.4, -0.2) is 18.3 Å². The zero-order valence-corrected chi connectivity index (χ0v) is 49.9. The van der Waals surface area contributed by atoms with Crippen LogP contribution < -0.4 is 0 Å². The first-order valence-corrected chi connectivity index (χ1v) is 31.0. The van der Waals surface area contributed by atoms with Crippen LogP contribution >= 0.6 is 0 Å². The number of benzene rings is 14. The fourth-order valence-corrected chi connectivity index (χ4v) is 14.0. The fourth-order valence-electron chi connectivity index (χ4n) is 14.0. The van der Waals surface area contributed by atoms with Crippen molar-refractivity contribution in [2.75, 3.05) is 0 Å². The summed E-state index contributed by atoms with van der Waals surface area (Å²) in [5.41, 5.74) is 24.7. The third-order valence-electron chi connectivity index (χ3n) is 18.3. The Morgan fingerprint density at radius 3 is 0.641 bits per heavy atom. The second kappa shape index (κ2) is 22.1. The van der Waals surface area contributed by atoms with E-state index in [1.54, 1.807) is 0 Å². The molecule has 0 N–H and O–H groups in total. The molecule has 0 spiro atoms. The number of para-hydroxylation sites is 6. The van der Waals surface area contributed by atoms with Gasteiger partial charge in [-0.25, -0.2) is 0 Å². The summed E-state index contributed by atoms with van der Waals surface area (Å²) in [6, 6.07) is 121. The van der Waals surface area contributed by atoms with Gasteiger partial charge in [0, 0.05) is 65.8 Å². The number of rotatable bonds is 8. The van der Waals surface area contributed by atoms with Crippen LogP contribution in [0.1, 0.15) is 11.1 Å². The second-order valence-corrected chi connectivity index (χ2v) is 23.5. The molecule has 6 nitrogen and oxygen atoms in total. The number of aromatic nitrogens is 4. The lowest BCUT2D eigenvalue weighted by Gasteiger charge is -2.10. The molecule has 0 fully saturated rings. The monoisotopic (exact) mass is 1170 g/mol. The van der Waals surface area contributed by atoms with Crippen molar-refractivity contribution in [2.24, 2.45) is 0 Å². The Morgan fingerprint density at radius 2 is 0.380 bits per heavy atom. The van der Waals surface area contributed by atoms with Crippen molar-refractivity contribution < 1.29 is 0 Å². The first-order valence-electron chi connectivity index (χ1n) is 31.0. The molecule has 18 rings (SSSR count). The molecule has 0 saturated heterocycles. The van der Waals surface area contributed by atoms with Gasteiger partial charge in [-0.2, -0.15) is 10.5 Å². The van der Waals surface area contributed by atoms with Gasteiger partial charge in [0.05, 0.1) is 67.4 Å². The molecule has 0 atom stereocenters. The summed E-state index contributed by atoms with van der Waals surface area (Å²) < 4.78 is 9.43. The van der Waals surface area contributed by atoms with Crippen molar-refractivity contribution in [3.63, 3.8) is 0 Å². The molecule has 0 unspecified atom stereocenters. The third-order valence-corrected chi connectivity index (χ3v) is 18.3. The average molecular weight is 1170 g/mol. The molecule has 6 heteroatoms. The van der Waals surface area contributed by atoms with Gasteiger partial charge in [-0.15, -0.1) is 0 Å². The lowest BCUT2D eigenvalue weighted by Crippen LogP contribution is -1.94. The smallest absolute Gasteiger partial charge is 0.0991 e. The van der Waals surface area contributed by atoms with Crippen molar-refractivity contribution in [1.29, 1.82) is 10.5 Å². The van der Waals surface area contributed by atoms with Crippen LogP contribution in [0.4, 0.5) is 0 Å². The molecule has 428 valence electrons. The number of nitriles is 2. The highest BCUT2D eigenvalue weighted by molar-refractivity contribution is 6.15. The Balaban J connectivity index is 0.000000141.